The van der Waals surface area contributed by atoms with Crippen LogP contribution in [-0.4, -0.2) is 42.5 Å². The highest BCUT2D eigenvalue weighted by Gasteiger charge is 2.39. The van der Waals surface area contributed by atoms with Crippen LogP contribution in [0.2, 0.25) is 5.02 Å². The second kappa shape index (κ2) is 7.62. The molecular formula is C23H32ClN3O. The summed E-state index contributed by atoms with van der Waals surface area (Å²) in [7, 11) is 0. The Hall–Kier alpha value is -1.10. The maximum absolute atomic E-state index is 13.0. The molecule has 4 bridgehead atoms. The summed E-state index contributed by atoms with van der Waals surface area (Å²) < 4.78 is 0. The Morgan fingerprint density at radius 1 is 1.29 bits per heavy atom. The number of benzene rings is 1. The highest BCUT2D eigenvalue weighted by Crippen LogP contribution is 2.48. The van der Waals surface area contributed by atoms with Gasteiger partial charge in [-0.3, -0.25) is 9.69 Å². The van der Waals surface area contributed by atoms with Gasteiger partial charge in [0, 0.05) is 38.3 Å². The number of carbonyl (C=O) groups is 1. The fourth-order valence-electron chi connectivity index (χ4n) is 6.35. The monoisotopic (exact) mass is 401 g/mol. The van der Waals surface area contributed by atoms with Crippen LogP contribution in [0, 0.1) is 11.3 Å². The number of hydrogen-bond donors (Lipinski definition) is 2. The predicted octanol–water partition coefficient (Wildman–Crippen LogP) is 3.98. The zero-order chi connectivity index (χ0) is 19.1. The molecule has 0 radical (unpaired) electrons. The first-order chi connectivity index (χ1) is 13.6. The van der Waals surface area contributed by atoms with E-state index in [1.54, 1.807) is 0 Å². The van der Waals surface area contributed by atoms with Crippen molar-refractivity contribution in [3.8, 4) is 0 Å². The molecule has 5 rings (SSSR count). The molecule has 1 aromatic carbocycles. The average molecular weight is 402 g/mol. The summed E-state index contributed by atoms with van der Waals surface area (Å²) in [5, 5.41) is 7.37. The van der Waals surface area contributed by atoms with Crippen LogP contribution in [0.4, 0.5) is 0 Å². The van der Waals surface area contributed by atoms with E-state index >= 15 is 0 Å². The van der Waals surface area contributed by atoms with Gasteiger partial charge in [-0.1, -0.05) is 43.4 Å². The molecule has 1 amide bonds. The van der Waals surface area contributed by atoms with Gasteiger partial charge in [-0.25, -0.2) is 0 Å². The minimum absolute atomic E-state index is 0.00136. The fourth-order valence-corrected chi connectivity index (χ4v) is 6.56. The molecule has 2 aliphatic heterocycles. The van der Waals surface area contributed by atoms with Gasteiger partial charge in [-0.15, -0.1) is 0 Å². The first-order valence-corrected chi connectivity index (χ1v) is 11.5. The molecule has 152 valence electrons. The molecule has 0 aromatic heterocycles. The minimum Gasteiger partial charge on any atom is -0.351 e. The standard InChI is InChI=1S/C23H32ClN3O/c24-21-6-5-17(13-27-14-18-10-19(27)12-25-18)9-20(21)22(28)26-15-23-7-1-3-16(11-23)4-2-8-23/h5-6,9,16,18-19,25H,1-4,7-8,10-15H2,(H,26,28). The molecule has 28 heavy (non-hydrogen) atoms. The normalized spacial score (nSPS) is 34.5. The van der Waals surface area contributed by atoms with Gasteiger partial charge < -0.3 is 10.6 Å². The largest absolute Gasteiger partial charge is 0.351 e. The molecule has 4 aliphatic rings. The van der Waals surface area contributed by atoms with Crippen molar-refractivity contribution in [1.29, 1.82) is 0 Å². The molecular weight excluding hydrogens is 370 g/mol. The summed E-state index contributed by atoms with van der Waals surface area (Å²) in [5.74, 6) is 0.884. The summed E-state index contributed by atoms with van der Waals surface area (Å²) in [5.41, 5.74) is 2.17. The molecule has 2 unspecified atom stereocenters. The second-order valence-corrected chi connectivity index (χ2v) is 10.2. The van der Waals surface area contributed by atoms with Gasteiger partial charge in [0.2, 0.25) is 0 Å². The van der Waals surface area contributed by atoms with Gasteiger partial charge in [0.25, 0.3) is 5.91 Å². The van der Waals surface area contributed by atoms with E-state index in [-0.39, 0.29) is 5.91 Å². The average Bonchev–Trinajstić information content (AvgIpc) is 3.31. The highest BCUT2D eigenvalue weighted by molar-refractivity contribution is 6.33. The molecule has 2 saturated carbocycles. The summed E-state index contributed by atoms with van der Waals surface area (Å²) >= 11 is 6.41. The van der Waals surface area contributed by atoms with Gasteiger partial charge in [0.15, 0.2) is 0 Å². The van der Waals surface area contributed by atoms with E-state index < -0.39 is 0 Å². The number of carbonyl (C=O) groups excluding carboxylic acids is 1. The lowest BCUT2D eigenvalue weighted by Gasteiger charge is -2.45. The Morgan fingerprint density at radius 3 is 2.82 bits per heavy atom. The zero-order valence-electron chi connectivity index (χ0n) is 16.7. The number of nitrogens with one attached hydrogen (secondary N) is 2. The summed E-state index contributed by atoms with van der Waals surface area (Å²) in [6, 6.07) is 7.27. The van der Waals surface area contributed by atoms with E-state index in [4.69, 9.17) is 11.6 Å². The quantitative estimate of drug-likeness (QED) is 0.784. The maximum Gasteiger partial charge on any atom is 0.252 e. The lowest BCUT2D eigenvalue weighted by atomic mass is 9.62. The number of rotatable bonds is 5. The van der Waals surface area contributed by atoms with Crippen molar-refractivity contribution in [3.63, 3.8) is 0 Å². The number of halogens is 1. The molecule has 2 aliphatic carbocycles. The van der Waals surface area contributed by atoms with Crippen LogP contribution < -0.4 is 10.6 Å². The Bertz CT molecular complexity index is 741. The number of likely N-dealkylation sites (tertiary alicyclic amines) is 1. The van der Waals surface area contributed by atoms with Crippen molar-refractivity contribution in [2.75, 3.05) is 19.6 Å². The van der Waals surface area contributed by atoms with Crippen LogP contribution in [0.15, 0.2) is 18.2 Å². The smallest absolute Gasteiger partial charge is 0.252 e. The third kappa shape index (κ3) is 3.71. The molecule has 5 heteroatoms. The summed E-state index contributed by atoms with van der Waals surface area (Å²) in [6.45, 7) is 3.92. The van der Waals surface area contributed by atoms with Crippen LogP contribution in [0.3, 0.4) is 0 Å². The van der Waals surface area contributed by atoms with Gasteiger partial charge in [-0.2, -0.15) is 0 Å². The Labute approximate surface area is 173 Å². The van der Waals surface area contributed by atoms with Crippen molar-refractivity contribution in [2.24, 2.45) is 11.3 Å². The third-order valence-electron chi connectivity index (χ3n) is 7.82. The molecule has 2 atom stereocenters. The van der Waals surface area contributed by atoms with Gasteiger partial charge in [-0.05, 0) is 54.7 Å². The van der Waals surface area contributed by atoms with Crippen LogP contribution in [0.1, 0.15) is 67.3 Å². The fraction of sp³-hybridized carbons (Fsp3) is 0.696. The molecule has 0 spiro atoms. The van der Waals surface area contributed by atoms with E-state index in [0.717, 1.165) is 32.1 Å². The number of nitrogens with zero attached hydrogens (tertiary/aromatic N) is 1. The molecule has 1 aromatic rings. The van der Waals surface area contributed by atoms with E-state index in [1.807, 2.05) is 12.1 Å². The third-order valence-corrected chi connectivity index (χ3v) is 8.15. The number of piperazine rings is 1. The van der Waals surface area contributed by atoms with Crippen molar-refractivity contribution in [2.45, 2.75) is 70.0 Å². The highest BCUT2D eigenvalue weighted by atomic mass is 35.5. The van der Waals surface area contributed by atoms with E-state index in [9.17, 15) is 4.79 Å². The van der Waals surface area contributed by atoms with Crippen molar-refractivity contribution in [1.82, 2.24) is 15.5 Å². The molecule has 2 saturated heterocycles. The van der Waals surface area contributed by atoms with Crippen LogP contribution >= 0.6 is 11.6 Å². The van der Waals surface area contributed by atoms with Crippen LogP contribution in [0.5, 0.6) is 0 Å². The van der Waals surface area contributed by atoms with E-state index in [1.165, 1.54) is 56.9 Å². The van der Waals surface area contributed by atoms with Gasteiger partial charge in [0.1, 0.15) is 0 Å². The SMILES string of the molecule is O=C(NCC12CCCC(CCC1)C2)c1cc(CN2CC3CC2CN3)ccc1Cl. The number of fused-ring (bicyclic) bond motifs is 4. The molecule has 4 fully saturated rings. The first-order valence-electron chi connectivity index (χ1n) is 11.1. The topological polar surface area (TPSA) is 44.4 Å². The minimum atomic E-state index is -0.00136. The van der Waals surface area contributed by atoms with Crippen LogP contribution in [0.25, 0.3) is 0 Å². The predicted molar refractivity (Wildman–Crippen MR) is 113 cm³/mol. The zero-order valence-corrected chi connectivity index (χ0v) is 17.4. The summed E-state index contributed by atoms with van der Waals surface area (Å²) in [4.78, 5) is 15.5. The van der Waals surface area contributed by atoms with Crippen molar-refractivity contribution >= 4 is 17.5 Å². The van der Waals surface area contributed by atoms with Gasteiger partial charge >= 0.3 is 0 Å². The lowest BCUT2D eigenvalue weighted by Crippen LogP contribution is -2.43. The Kier molecular flexibility index (Phi) is 5.14. The maximum atomic E-state index is 13.0. The molecule has 2 N–H and O–H groups in total. The van der Waals surface area contributed by atoms with E-state index in [0.29, 0.717) is 28.1 Å². The van der Waals surface area contributed by atoms with E-state index in [2.05, 4.69) is 21.6 Å². The Morgan fingerprint density at radius 2 is 2.11 bits per heavy atom. The first kappa shape index (κ1) is 18.9. The number of amides is 1. The summed E-state index contributed by atoms with van der Waals surface area (Å²) in [6.07, 6.45) is 10.5. The van der Waals surface area contributed by atoms with Crippen molar-refractivity contribution < 1.29 is 4.79 Å². The Balaban J connectivity index is 1.24. The van der Waals surface area contributed by atoms with Crippen LogP contribution in [-0.2, 0) is 6.54 Å². The van der Waals surface area contributed by atoms with Crippen molar-refractivity contribution in [3.05, 3.63) is 34.3 Å². The second-order valence-electron chi connectivity index (χ2n) is 9.78. The molecule has 4 nitrogen and oxygen atoms in total. The molecule has 2 heterocycles. The van der Waals surface area contributed by atoms with Gasteiger partial charge in [0.05, 0.1) is 10.6 Å². The lowest BCUT2D eigenvalue weighted by molar-refractivity contribution is 0.0681. The number of hydrogen-bond acceptors (Lipinski definition) is 3.